The Morgan fingerprint density at radius 1 is 1.20 bits per heavy atom. The van der Waals surface area contributed by atoms with Gasteiger partial charge in [0, 0.05) is 5.56 Å². The Kier molecular flexibility index (Phi) is 3.12. The van der Waals surface area contributed by atoms with E-state index in [-0.39, 0.29) is 12.7 Å². The van der Waals surface area contributed by atoms with Crippen LogP contribution in [0.4, 0.5) is 11.4 Å². The number of amides is 1. The Balaban J connectivity index is 1.86. The highest BCUT2D eigenvalue weighted by molar-refractivity contribution is 6.34. The molecule has 5 nitrogen and oxygen atoms in total. The first-order valence-electron chi connectivity index (χ1n) is 5.90. The van der Waals surface area contributed by atoms with Gasteiger partial charge < -0.3 is 20.5 Å². The summed E-state index contributed by atoms with van der Waals surface area (Å²) >= 11 is 6.02. The number of para-hydroxylation sites is 1. The van der Waals surface area contributed by atoms with Crippen molar-refractivity contribution in [2.45, 2.75) is 0 Å². The Labute approximate surface area is 120 Å². The van der Waals surface area contributed by atoms with Crippen molar-refractivity contribution in [2.75, 3.05) is 17.8 Å². The molecule has 0 radical (unpaired) electrons. The SMILES string of the molecule is Nc1cccc(Cl)c1NC(=O)c1ccc2c(c1)OCO2. The van der Waals surface area contributed by atoms with E-state index in [4.69, 9.17) is 26.8 Å². The van der Waals surface area contributed by atoms with Crippen LogP contribution in [-0.2, 0) is 0 Å². The van der Waals surface area contributed by atoms with Gasteiger partial charge in [-0.3, -0.25) is 4.79 Å². The lowest BCUT2D eigenvalue weighted by Crippen LogP contribution is -2.13. The lowest BCUT2D eigenvalue weighted by Gasteiger charge is -2.10. The summed E-state index contributed by atoms with van der Waals surface area (Å²) in [6.07, 6.45) is 0. The molecule has 20 heavy (non-hydrogen) atoms. The van der Waals surface area contributed by atoms with E-state index in [1.807, 2.05) is 0 Å². The zero-order chi connectivity index (χ0) is 14.1. The zero-order valence-electron chi connectivity index (χ0n) is 10.4. The molecule has 0 spiro atoms. The lowest BCUT2D eigenvalue weighted by atomic mass is 10.1. The molecule has 0 saturated carbocycles. The van der Waals surface area contributed by atoms with Crippen molar-refractivity contribution in [3.8, 4) is 11.5 Å². The van der Waals surface area contributed by atoms with Gasteiger partial charge in [0.2, 0.25) is 6.79 Å². The first-order chi connectivity index (χ1) is 9.65. The first kappa shape index (κ1) is 12.6. The van der Waals surface area contributed by atoms with Crippen molar-refractivity contribution in [1.29, 1.82) is 0 Å². The Morgan fingerprint density at radius 3 is 2.80 bits per heavy atom. The molecule has 1 aliphatic heterocycles. The van der Waals surface area contributed by atoms with E-state index in [0.29, 0.717) is 33.5 Å². The molecule has 0 unspecified atom stereocenters. The summed E-state index contributed by atoms with van der Waals surface area (Å²) in [5, 5.41) is 3.08. The molecule has 0 saturated heterocycles. The van der Waals surface area contributed by atoms with Gasteiger partial charge in [-0.25, -0.2) is 0 Å². The summed E-state index contributed by atoms with van der Waals surface area (Å²) in [6.45, 7) is 0.165. The summed E-state index contributed by atoms with van der Waals surface area (Å²) in [7, 11) is 0. The van der Waals surface area contributed by atoms with E-state index in [1.54, 1.807) is 36.4 Å². The van der Waals surface area contributed by atoms with Crippen LogP contribution in [0.2, 0.25) is 5.02 Å². The minimum atomic E-state index is -0.317. The molecule has 1 amide bonds. The molecule has 1 aliphatic rings. The van der Waals surface area contributed by atoms with Crippen LogP contribution in [0.25, 0.3) is 0 Å². The molecule has 0 aliphatic carbocycles. The largest absolute Gasteiger partial charge is 0.454 e. The number of nitrogens with two attached hydrogens (primary N) is 1. The molecular formula is C14H11ClN2O3. The number of hydrogen-bond donors (Lipinski definition) is 2. The van der Waals surface area contributed by atoms with Crippen LogP contribution in [0.3, 0.4) is 0 Å². The van der Waals surface area contributed by atoms with Crippen LogP contribution >= 0.6 is 11.6 Å². The zero-order valence-corrected chi connectivity index (χ0v) is 11.1. The van der Waals surface area contributed by atoms with Crippen molar-refractivity contribution in [3.63, 3.8) is 0 Å². The number of nitrogen functional groups attached to an aromatic ring is 1. The normalized spacial score (nSPS) is 12.2. The number of benzene rings is 2. The van der Waals surface area contributed by atoms with E-state index in [1.165, 1.54) is 0 Å². The summed E-state index contributed by atoms with van der Waals surface area (Å²) < 4.78 is 10.4. The number of carbonyl (C=O) groups excluding carboxylic acids is 1. The monoisotopic (exact) mass is 290 g/mol. The van der Waals surface area contributed by atoms with Crippen molar-refractivity contribution in [1.82, 2.24) is 0 Å². The fourth-order valence-electron chi connectivity index (χ4n) is 1.90. The highest BCUT2D eigenvalue weighted by Gasteiger charge is 2.17. The molecule has 3 rings (SSSR count). The van der Waals surface area contributed by atoms with Gasteiger partial charge in [-0.1, -0.05) is 17.7 Å². The van der Waals surface area contributed by atoms with E-state index < -0.39 is 0 Å². The molecular weight excluding hydrogens is 280 g/mol. The molecule has 2 aromatic carbocycles. The highest BCUT2D eigenvalue weighted by atomic mass is 35.5. The minimum absolute atomic E-state index is 0.165. The second-order valence-corrected chi connectivity index (χ2v) is 4.63. The van der Waals surface area contributed by atoms with Crippen LogP contribution in [0.5, 0.6) is 11.5 Å². The summed E-state index contributed by atoms with van der Waals surface area (Å²) in [5.74, 6) is 0.853. The van der Waals surface area contributed by atoms with E-state index in [0.717, 1.165) is 0 Å². The molecule has 6 heteroatoms. The van der Waals surface area contributed by atoms with Gasteiger partial charge in [-0.15, -0.1) is 0 Å². The Bertz CT molecular complexity index is 668. The van der Waals surface area contributed by atoms with Crippen LogP contribution in [0.15, 0.2) is 36.4 Å². The van der Waals surface area contributed by atoms with Gasteiger partial charge in [0.25, 0.3) is 5.91 Å². The van der Waals surface area contributed by atoms with Crippen molar-refractivity contribution in [2.24, 2.45) is 0 Å². The number of rotatable bonds is 2. The molecule has 102 valence electrons. The van der Waals surface area contributed by atoms with E-state index >= 15 is 0 Å². The smallest absolute Gasteiger partial charge is 0.255 e. The van der Waals surface area contributed by atoms with Gasteiger partial charge in [0.05, 0.1) is 16.4 Å². The molecule has 0 bridgehead atoms. The van der Waals surface area contributed by atoms with Gasteiger partial charge in [-0.05, 0) is 30.3 Å². The number of carbonyl (C=O) groups is 1. The molecule has 1 heterocycles. The van der Waals surface area contributed by atoms with Gasteiger partial charge in [0.1, 0.15) is 0 Å². The topological polar surface area (TPSA) is 73.6 Å². The molecule has 0 fully saturated rings. The Morgan fingerprint density at radius 2 is 2.00 bits per heavy atom. The fourth-order valence-corrected chi connectivity index (χ4v) is 2.13. The number of ether oxygens (including phenoxy) is 2. The van der Waals surface area contributed by atoms with Crippen LogP contribution in [-0.4, -0.2) is 12.7 Å². The lowest BCUT2D eigenvalue weighted by molar-refractivity contribution is 0.102. The van der Waals surface area contributed by atoms with Crippen LogP contribution in [0.1, 0.15) is 10.4 Å². The second-order valence-electron chi connectivity index (χ2n) is 4.23. The molecule has 2 aromatic rings. The minimum Gasteiger partial charge on any atom is -0.454 e. The number of halogens is 1. The number of hydrogen-bond acceptors (Lipinski definition) is 4. The number of nitrogens with one attached hydrogen (secondary N) is 1. The third-order valence-corrected chi connectivity index (χ3v) is 3.23. The molecule has 3 N–H and O–H groups in total. The van der Waals surface area contributed by atoms with Crippen LogP contribution in [0, 0.1) is 0 Å². The maximum absolute atomic E-state index is 12.2. The third kappa shape index (κ3) is 2.23. The average Bonchev–Trinajstić information content (AvgIpc) is 2.90. The van der Waals surface area contributed by atoms with Gasteiger partial charge >= 0.3 is 0 Å². The predicted molar refractivity (Wildman–Crippen MR) is 76.4 cm³/mol. The number of anilines is 2. The summed E-state index contributed by atoms with van der Waals surface area (Å²) in [6, 6.07) is 10.00. The number of fused-ring (bicyclic) bond motifs is 1. The van der Waals surface area contributed by atoms with E-state index in [2.05, 4.69) is 5.32 Å². The fraction of sp³-hybridized carbons (Fsp3) is 0.0714. The van der Waals surface area contributed by atoms with E-state index in [9.17, 15) is 4.79 Å². The molecule has 0 atom stereocenters. The maximum atomic E-state index is 12.2. The van der Waals surface area contributed by atoms with Gasteiger partial charge in [0.15, 0.2) is 11.5 Å². The standard InChI is InChI=1S/C14H11ClN2O3/c15-9-2-1-3-10(16)13(9)17-14(18)8-4-5-11-12(6-8)20-7-19-11/h1-6H,7,16H2,(H,17,18). The highest BCUT2D eigenvalue weighted by Crippen LogP contribution is 2.33. The second kappa shape index (κ2) is 4.94. The van der Waals surface area contributed by atoms with Crippen LogP contribution < -0.4 is 20.5 Å². The quantitative estimate of drug-likeness (QED) is 0.834. The van der Waals surface area contributed by atoms with Crippen molar-refractivity contribution >= 4 is 28.9 Å². The third-order valence-electron chi connectivity index (χ3n) is 2.92. The summed E-state index contributed by atoms with van der Waals surface area (Å²) in [4.78, 5) is 12.2. The first-order valence-corrected chi connectivity index (χ1v) is 6.28. The average molecular weight is 291 g/mol. The van der Waals surface area contributed by atoms with Gasteiger partial charge in [-0.2, -0.15) is 0 Å². The van der Waals surface area contributed by atoms with Crippen molar-refractivity contribution < 1.29 is 14.3 Å². The Hall–Kier alpha value is -2.40. The van der Waals surface area contributed by atoms with Crippen molar-refractivity contribution in [3.05, 3.63) is 47.0 Å². The molecule has 0 aromatic heterocycles. The predicted octanol–water partition coefficient (Wildman–Crippen LogP) is 2.90. The maximum Gasteiger partial charge on any atom is 0.255 e. The summed E-state index contributed by atoms with van der Waals surface area (Å²) in [5.41, 5.74) is 7.04.